The predicted molar refractivity (Wildman–Crippen MR) is 304 cm³/mol. The van der Waals surface area contributed by atoms with Crippen LogP contribution in [-0.2, 0) is 31.5 Å². The van der Waals surface area contributed by atoms with E-state index in [0.717, 1.165) is 37.0 Å². The van der Waals surface area contributed by atoms with E-state index in [1.54, 1.807) is 30.5 Å². The number of rotatable bonds is 14. The van der Waals surface area contributed by atoms with E-state index in [1.807, 2.05) is 37.3 Å². The van der Waals surface area contributed by atoms with Crippen LogP contribution in [-0.4, -0.2) is 80.1 Å². The minimum atomic E-state index is -2.26. The average Bonchev–Trinajstić information content (AvgIpc) is 3.30. The number of nitrogens with one attached hydrogen (secondary N) is 1. The van der Waals surface area contributed by atoms with E-state index in [4.69, 9.17) is 23.9 Å². The number of ether oxygens (including phenoxy) is 2. The summed E-state index contributed by atoms with van der Waals surface area (Å²) in [6, 6.07) is 10.7. The van der Waals surface area contributed by atoms with Crippen molar-refractivity contribution in [3.63, 3.8) is 0 Å². The molecule has 2 heterocycles. The summed E-state index contributed by atoms with van der Waals surface area (Å²) < 4.78 is 25.5. The van der Waals surface area contributed by atoms with Gasteiger partial charge in [-0.15, -0.1) is 0 Å². The van der Waals surface area contributed by atoms with E-state index < -0.39 is 52.8 Å². The molecule has 0 fully saturated rings. The van der Waals surface area contributed by atoms with Crippen LogP contribution in [0.25, 0.3) is 10.4 Å². The third-order valence-corrected chi connectivity index (χ3v) is 24.2. The fraction of sp³-hybridized carbons (Fsp3) is 0.579. The SMILES string of the molecule is CCCCCSC(=O)N/C=C/C[C@H]1C[C@@H](O)[C@@H](C)C/C=C/Cc2cccc(O)c2C(=O)O1.C[C@H]1C/C=C/Cc2cccc(O[Si](C)(C)C(C)(C)C)c2C(=O)O[C@@H](C/C=C/C(=O)N=[N+]=[N-])C[C@H]1O[Si](C)(C)C(C)(C)C. The number of hydrogen-bond donors (Lipinski definition) is 3. The summed E-state index contributed by atoms with van der Waals surface area (Å²) in [6.45, 7) is 28.2. The number of carbonyl (C=O) groups excluding carboxylic acids is 4. The predicted octanol–water partition coefficient (Wildman–Crippen LogP) is 14.6. The third-order valence-electron chi connectivity index (χ3n) is 14.4. The highest BCUT2D eigenvalue weighted by atomic mass is 32.2. The van der Waals surface area contributed by atoms with Gasteiger partial charge in [0.15, 0.2) is 8.32 Å². The molecule has 2 aromatic carbocycles. The first-order valence-electron chi connectivity index (χ1n) is 26.2. The van der Waals surface area contributed by atoms with Crippen LogP contribution in [0.3, 0.4) is 0 Å². The van der Waals surface area contributed by atoms with Crippen LogP contribution in [0, 0.1) is 11.8 Å². The van der Waals surface area contributed by atoms with E-state index in [9.17, 15) is 29.4 Å². The molecule has 2 aliphatic rings. The number of benzene rings is 2. The second kappa shape index (κ2) is 30.0. The lowest BCUT2D eigenvalue weighted by molar-refractivity contribution is -0.113. The Bertz CT molecular complexity index is 2350. The van der Waals surface area contributed by atoms with E-state index in [0.29, 0.717) is 49.0 Å². The molecule has 0 unspecified atom stereocenters. The largest absolute Gasteiger partial charge is 0.543 e. The van der Waals surface area contributed by atoms with Crippen molar-refractivity contribution >= 4 is 51.5 Å². The zero-order chi connectivity index (χ0) is 55.3. The number of carbonyl (C=O) groups is 4. The van der Waals surface area contributed by atoms with Gasteiger partial charge in [-0.25, -0.2) is 9.59 Å². The number of cyclic esters (lactones) is 2. The lowest BCUT2D eigenvalue weighted by Gasteiger charge is -2.41. The monoisotopic (exact) mass is 1070 g/mol. The van der Waals surface area contributed by atoms with E-state index >= 15 is 0 Å². The normalized spacial score (nSPS) is 22.3. The Morgan fingerprint density at radius 2 is 1.39 bits per heavy atom. The number of aromatic hydroxyl groups is 1. The summed E-state index contributed by atoms with van der Waals surface area (Å²) in [6.07, 6.45) is 19.6. The molecule has 0 spiro atoms. The quantitative estimate of drug-likeness (QED) is 0.0237. The van der Waals surface area contributed by atoms with Crippen molar-refractivity contribution in [2.24, 2.45) is 17.0 Å². The Labute approximate surface area is 448 Å². The Morgan fingerprint density at radius 1 is 0.824 bits per heavy atom. The zero-order valence-electron chi connectivity index (χ0n) is 46.4. The van der Waals surface area contributed by atoms with Gasteiger partial charge in [-0.05, 0) is 120 Å². The maximum atomic E-state index is 14.0. The molecule has 3 N–H and O–H groups in total. The van der Waals surface area contributed by atoms with Crippen molar-refractivity contribution in [3.8, 4) is 11.5 Å². The van der Waals surface area contributed by atoms with E-state index in [1.165, 1.54) is 23.9 Å². The van der Waals surface area contributed by atoms with Crippen LogP contribution >= 0.6 is 11.8 Å². The number of hydrogen-bond acceptors (Lipinski definition) is 11. The molecule has 2 amide bonds. The Morgan fingerprint density at radius 3 is 2.00 bits per heavy atom. The minimum absolute atomic E-state index is 0.00890. The first-order valence-corrected chi connectivity index (χ1v) is 33.0. The van der Waals surface area contributed by atoms with E-state index in [-0.39, 0.29) is 57.4 Å². The number of esters is 2. The molecule has 0 radical (unpaired) electrons. The molecule has 408 valence electrons. The topological polar surface area (TPSA) is 206 Å². The second-order valence-electron chi connectivity index (χ2n) is 22.5. The number of nitrogens with zero attached hydrogens (tertiary/aromatic N) is 3. The molecule has 0 saturated carbocycles. The lowest BCUT2D eigenvalue weighted by Crippen LogP contribution is -2.46. The van der Waals surface area contributed by atoms with Crippen LogP contribution in [0.1, 0.15) is 152 Å². The third kappa shape index (κ3) is 20.7. The molecule has 4 rings (SSSR count). The average molecular weight is 1080 g/mol. The maximum absolute atomic E-state index is 14.0. The summed E-state index contributed by atoms with van der Waals surface area (Å²) >= 11 is 1.25. The molecule has 0 aliphatic carbocycles. The first kappa shape index (κ1) is 63.4. The number of azide groups is 1. The van der Waals surface area contributed by atoms with Gasteiger partial charge in [0.1, 0.15) is 34.8 Å². The summed E-state index contributed by atoms with van der Waals surface area (Å²) in [5.74, 6) is -0.350. The molecule has 14 nitrogen and oxygen atoms in total. The maximum Gasteiger partial charge on any atom is 0.342 e. The highest BCUT2D eigenvalue weighted by Gasteiger charge is 2.42. The fourth-order valence-electron chi connectivity index (χ4n) is 7.66. The van der Waals surface area contributed by atoms with Crippen molar-refractivity contribution in [1.82, 2.24) is 5.32 Å². The van der Waals surface area contributed by atoms with Crippen molar-refractivity contribution < 1.29 is 47.7 Å². The van der Waals surface area contributed by atoms with Gasteiger partial charge in [0.2, 0.25) is 5.91 Å². The Balaban J connectivity index is 0.000000405. The Hall–Kier alpha value is -4.91. The number of amides is 2. The number of allylic oxidation sites excluding steroid dienone is 4. The van der Waals surface area contributed by atoms with Crippen LogP contribution in [0.2, 0.25) is 36.3 Å². The van der Waals surface area contributed by atoms with Gasteiger partial charge in [-0.2, -0.15) is 0 Å². The standard InChI is InChI=1S/C32H51N3O5Si2.C25H35NO5S/c1-23-16-12-13-17-24-18-14-20-26(39-41(8,9)31(2,3)4)29(24)30(37)38-25(19-15-21-28(36)34-35-33)22-27(23)40-42(10,11)32(5,6)7;1-3-4-7-16-32-25(30)26-15-9-13-20-17-22(28)18(2)10-5-6-11-19-12-8-14-21(27)23(19)24(29)31-20/h12-15,18,20-21,23,25,27H,16-17,19,22H2,1-11H3;5-6,8-9,12,14-15,18,20,22,27-28H,3-4,7,10-11,13,16-17H2,1-2H3,(H,26,30)/b13-12+,21-15+;6-5+,15-9+/t23-,25-,27+;18-,20-,22+/m00/s1. The number of aliphatic hydroxyl groups excluding tert-OH is 1. The summed E-state index contributed by atoms with van der Waals surface area (Å²) in [5.41, 5.74) is 10.7. The van der Waals surface area contributed by atoms with Crippen LogP contribution in [0.5, 0.6) is 11.5 Å². The molecule has 17 heteroatoms. The molecule has 0 bridgehead atoms. The zero-order valence-corrected chi connectivity index (χ0v) is 49.3. The van der Waals surface area contributed by atoms with Crippen molar-refractivity contribution in [2.45, 2.75) is 194 Å². The van der Waals surface area contributed by atoms with Crippen molar-refractivity contribution in [2.75, 3.05) is 5.75 Å². The molecule has 0 aromatic heterocycles. The van der Waals surface area contributed by atoms with Gasteiger partial charge in [0.05, 0.1) is 12.2 Å². The van der Waals surface area contributed by atoms with Gasteiger partial charge in [-0.3, -0.25) is 9.59 Å². The molecule has 74 heavy (non-hydrogen) atoms. The summed E-state index contributed by atoms with van der Waals surface area (Å²) in [5, 5.41) is 26.5. The number of fused-ring (bicyclic) bond motifs is 2. The summed E-state index contributed by atoms with van der Waals surface area (Å²) in [7, 11) is -4.41. The lowest BCUT2D eigenvalue weighted by atomic mass is 9.93. The number of aliphatic hydroxyl groups is 1. The highest BCUT2D eigenvalue weighted by Crippen LogP contribution is 2.41. The van der Waals surface area contributed by atoms with Crippen LogP contribution in [0.15, 0.2) is 90.2 Å². The fourth-order valence-corrected chi connectivity index (χ4v) is 10.8. The van der Waals surface area contributed by atoms with Crippen molar-refractivity contribution in [1.29, 1.82) is 0 Å². The smallest absolute Gasteiger partial charge is 0.342 e. The number of phenols is 1. The Kier molecular flexibility index (Phi) is 25.7. The highest BCUT2D eigenvalue weighted by molar-refractivity contribution is 8.13. The summed E-state index contributed by atoms with van der Waals surface area (Å²) in [4.78, 5) is 53.2. The van der Waals surface area contributed by atoms with Crippen molar-refractivity contribution in [3.05, 3.63) is 118 Å². The number of unbranched alkanes of at least 4 members (excludes halogenated alkanes) is 2. The minimum Gasteiger partial charge on any atom is -0.543 e. The molecule has 0 saturated heterocycles. The first-order chi connectivity index (χ1) is 34.7. The number of phenolic OH excluding ortho intramolecular Hbond substituents is 1. The number of thioether (sulfide) groups is 1. The van der Waals surface area contributed by atoms with Gasteiger partial charge in [-0.1, -0.05) is 148 Å². The van der Waals surface area contributed by atoms with Gasteiger partial charge < -0.3 is 33.9 Å². The van der Waals surface area contributed by atoms with Gasteiger partial charge in [0.25, 0.3) is 13.6 Å². The van der Waals surface area contributed by atoms with Crippen LogP contribution < -0.4 is 9.74 Å². The second-order valence-corrected chi connectivity index (χ2v) is 33.1. The molecular formula is C57H86N4O10SSi2. The molecule has 2 aromatic rings. The van der Waals surface area contributed by atoms with Gasteiger partial charge in [0, 0.05) is 42.5 Å². The molecule has 2 aliphatic heterocycles. The van der Waals surface area contributed by atoms with E-state index in [2.05, 4.69) is 109 Å². The van der Waals surface area contributed by atoms with Gasteiger partial charge >= 0.3 is 11.9 Å². The van der Waals surface area contributed by atoms with Crippen LogP contribution in [0.4, 0.5) is 4.79 Å². The molecular weight excluding hydrogens is 989 g/mol. The molecule has 6 atom stereocenters.